The van der Waals surface area contributed by atoms with Gasteiger partial charge in [0.2, 0.25) is 0 Å². The highest BCUT2D eigenvalue weighted by Gasteiger charge is 2.36. The molecule has 0 aliphatic rings. The smallest absolute Gasteiger partial charge is 0.164 e. The SMILES string of the molecule is N#Cc1c(-n2c3ccccc3c3ccncc32)c(-n2c3ccccc3c3ccncc32)c(-c2nc(-c3ccccc3)cc(-c3ccccc3)n2)c(-n2c3ccccc3c3ccncc32)c1-n1c2ccccc2c2ccncc21. The summed E-state index contributed by atoms with van der Waals surface area (Å²) >= 11 is 0. The van der Waals surface area contributed by atoms with Crippen molar-refractivity contribution in [3.63, 3.8) is 0 Å². The van der Waals surface area contributed by atoms with E-state index in [0.29, 0.717) is 39.7 Å². The minimum Gasteiger partial charge on any atom is -0.305 e. The summed E-state index contributed by atoms with van der Waals surface area (Å²) in [6, 6.07) is 67.5. The lowest BCUT2D eigenvalue weighted by molar-refractivity contribution is 1.02. The minimum atomic E-state index is 0.383. The standard InChI is InChI=1S/C67H39N11/c68-36-51-63(75-54-23-11-7-19-43(54)47-27-31-69-37-58(47)75)65(77-56-25-13-9-21-45(56)49-29-33-71-39-60(49)77)62(67-73-52(41-15-3-1-4-16-41)35-53(74-67)42-17-5-2-6-18-42)66(78-57-26-14-10-22-46(57)50-30-34-72-40-61(50)78)64(51)76-55-24-12-8-20-44(55)48-28-32-70-38-59(48)76/h1-35,37-40H. The average Bonchev–Trinajstić information content (AvgIpc) is 4.30. The van der Waals surface area contributed by atoms with Gasteiger partial charge in [-0.15, -0.1) is 0 Å². The summed E-state index contributed by atoms with van der Waals surface area (Å²) in [7, 11) is 0. The van der Waals surface area contributed by atoms with Crippen LogP contribution in [0.5, 0.6) is 0 Å². The van der Waals surface area contributed by atoms with Crippen molar-refractivity contribution in [2.24, 2.45) is 0 Å². The minimum absolute atomic E-state index is 0.383. The molecule has 16 rings (SSSR count). The van der Waals surface area contributed by atoms with E-state index in [2.05, 4.69) is 176 Å². The zero-order valence-corrected chi connectivity index (χ0v) is 41.4. The lowest BCUT2D eigenvalue weighted by Gasteiger charge is -2.28. The number of hydrogen-bond acceptors (Lipinski definition) is 7. The number of pyridine rings is 4. The molecule has 0 amide bonds. The molecule has 0 saturated heterocycles. The van der Waals surface area contributed by atoms with Crippen molar-refractivity contribution in [1.29, 1.82) is 5.26 Å². The number of hydrogen-bond donors (Lipinski definition) is 0. The maximum absolute atomic E-state index is 12.8. The maximum Gasteiger partial charge on any atom is 0.164 e. The molecule has 362 valence electrons. The number of rotatable bonds is 7. The lowest BCUT2D eigenvalue weighted by Crippen LogP contribution is -2.17. The first-order valence-corrected chi connectivity index (χ1v) is 25.7. The molecule has 0 aliphatic carbocycles. The Labute approximate surface area is 444 Å². The third-order valence-electron chi connectivity index (χ3n) is 15.4. The first-order chi connectivity index (χ1) is 38.7. The van der Waals surface area contributed by atoms with E-state index in [9.17, 15) is 5.26 Å². The van der Waals surface area contributed by atoms with Gasteiger partial charge in [0.1, 0.15) is 11.6 Å². The second kappa shape index (κ2) is 17.0. The molecule has 11 nitrogen and oxygen atoms in total. The Morgan fingerprint density at radius 3 is 0.936 bits per heavy atom. The number of fused-ring (bicyclic) bond motifs is 12. The second-order valence-corrected chi connectivity index (χ2v) is 19.4. The monoisotopic (exact) mass is 997 g/mol. The number of nitrogens with zero attached hydrogens (tertiary/aromatic N) is 11. The van der Waals surface area contributed by atoms with Gasteiger partial charge in [-0.2, -0.15) is 5.26 Å². The van der Waals surface area contributed by atoms with Crippen LogP contribution < -0.4 is 0 Å². The molecule has 0 spiro atoms. The van der Waals surface area contributed by atoms with Gasteiger partial charge in [0.15, 0.2) is 5.82 Å². The highest BCUT2D eigenvalue weighted by molar-refractivity contribution is 6.16. The molecule has 11 heteroatoms. The van der Waals surface area contributed by atoms with E-state index in [1.165, 1.54) is 0 Å². The van der Waals surface area contributed by atoms with Gasteiger partial charge in [-0.05, 0) is 54.6 Å². The number of aromatic nitrogens is 10. The fourth-order valence-corrected chi connectivity index (χ4v) is 12.2. The van der Waals surface area contributed by atoms with Gasteiger partial charge in [0.05, 0.1) is 109 Å². The average molecular weight is 998 g/mol. The molecule has 0 aliphatic heterocycles. The summed E-state index contributed by atoms with van der Waals surface area (Å²) in [6.45, 7) is 0. The Morgan fingerprint density at radius 2 is 0.603 bits per heavy atom. The van der Waals surface area contributed by atoms with Crippen molar-refractivity contribution >= 4 is 87.2 Å². The normalized spacial score (nSPS) is 11.8. The summed E-state index contributed by atoms with van der Waals surface area (Å²) in [5.41, 5.74) is 13.7. The largest absolute Gasteiger partial charge is 0.305 e. The molecule has 0 bridgehead atoms. The number of benzene rings is 7. The van der Waals surface area contributed by atoms with Crippen LogP contribution in [0.15, 0.2) is 238 Å². The molecule has 9 heterocycles. The van der Waals surface area contributed by atoms with Crippen molar-refractivity contribution in [3.05, 3.63) is 243 Å². The fraction of sp³-hybridized carbons (Fsp3) is 0. The zero-order chi connectivity index (χ0) is 51.4. The van der Waals surface area contributed by atoms with Crippen LogP contribution in [0.3, 0.4) is 0 Å². The van der Waals surface area contributed by atoms with E-state index in [4.69, 9.17) is 29.9 Å². The van der Waals surface area contributed by atoms with Gasteiger partial charge >= 0.3 is 0 Å². The van der Waals surface area contributed by atoms with Crippen molar-refractivity contribution in [2.75, 3.05) is 0 Å². The highest BCUT2D eigenvalue weighted by atomic mass is 15.1. The predicted octanol–water partition coefficient (Wildman–Crippen LogP) is 15.3. The zero-order valence-electron chi connectivity index (χ0n) is 41.4. The first-order valence-electron chi connectivity index (χ1n) is 25.7. The maximum atomic E-state index is 12.8. The Kier molecular flexibility index (Phi) is 9.43. The van der Waals surface area contributed by atoms with E-state index >= 15 is 0 Å². The van der Waals surface area contributed by atoms with Crippen LogP contribution >= 0.6 is 0 Å². The summed E-state index contributed by atoms with van der Waals surface area (Å²) < 4.78 is 9.04. The molecule has 78 heavy (non-hydrogen) atoms. The van der Waals surface area contributed by atoms with Crippen molar-refractivity contribution in [1.82, 2.24) is 48.2 Å². The summed E-state index contributed by atoms with van der Waals surface area (Å²) in [5.74, 6) is 0.426. The molecular formula is C67H39N11. The second-order valence-electron chi connectivity index (χ2n) is 19.4. The van der Waals surface area contributed by atoms with E-state index in [1.54, 1.807) is 0 Å². The Bertz CT molecular complexity index is 4650. The van der Waals surface area contributed by atoms with Gasteiger partial charge in [0.25, 0.3) is 0 Å². The van der Waals surface area contributed by atoms with Crippen molar-refractivity contribution < 1.29 is 0 Å². The third kappa shape index (κ3) is 6.19. The van der Waals surface area contributed by atoms with Gasteiger partial charge in [-0.3, -0.25) is 19.9 Å². The summed E-state index contributed by atoms with van der Waals surface area (Å²) in [5, 5.41) is 20.8. The summed E-state index contributed by atoms with van der Waals surface area (Å²) in [6.07, 6.45) is 15.0. The number of para-hydroxylation sites is 4. The third-order valence-corrected chi connectivity index (χ3v) is 15.4. The molecule has 0 N–H and O–H groups in total. The van der Waals surface area contributed by atoms with E-state index in [0.717, 1.165) is 110 Å². The van der Waals surface area contributed by atoms with Crippen LogP contribution in [0.1, 0.15) is 5.56 Å². The van der Waals surface area contributed by atoms with Gasteiger partial charge in [-0.25, -0.2) is 9.97 Å². The van der Waals surface area contributed by atoms with E-state index in [1.807, 2.05) is 86.0 Å². The predicted molar refractivity (Wildman–Crippen MR) is 312 cm³/mol. The molecule has 0 saturated carbocycles. The molecule has 0 radical (unpaired) electrons. The quantitative estimate of drug-likeness (QED) is 0.156. The van der Waals surface area contributed by atoms with Crippen molar-refractivity contribution in [3.8, 4) is 62.7 Å². The highest BCUT2D eigenvalue weighted by Crippen LogP contribution is 2.51. The molecule has 7 aromatic carbocycles. The van der Waals surface area contributed by atoms with Crippen LogP contribution in [-0.2, 0) is 0 Å². The van der Waals surface area contributed by atoms with Crippen LogP contribution in [0, 0.1) is 11.3 Å². The van der Waals surface area contributed by atoms with E-state index in [-0.39, 0.29) is 0 Å². The van der Waals surface area contributed by atoms with E-state index < -0.39 is 0 Å². The Balaban J connectivity index is 1.27. The summed E-state index contributed by atoms with van der Waals surface area (Å²) in [4.78, 5) is 31.0. The fourth-order valence-electron chi connectivity index (χ4n) is 12.2. The molecule has 16 aromatic rings. The Morgan fingerprint density at radius 1 is 0.308 bits per heavy atom. The molecule has 0 fully saturated rings. The topological polar surface area (TPSA) is 121 Å². The molecular weight excluding hydrogens is 959 g/mol. The Hall–Kier alpha value is -11.1. The lowest BCUT2D eigenvalue weighted by atomic mass is 9.97. The van der Waals surface area contributed by atoms with Crippen LogP contribution in [0.2, 0.25) is 0 Å². The van der Waals surface area contributed by atoms with Gasteiger partial charge in [-0.1, -0.05) is 133 Å². The van der Waals surface area contributed by atoms with Crippen molar-refractivity contribution in [2.45, 2.75) is 0 Å². The van der Waals surface area contributed by atoms with Crippen LogP contribution in [-0.4, -0.2) is 48.2 Å². The molecule has 9 aromatic heterocycles. The first kappa shape index (κ1) is 43.3. The van der Waals surface area contributed by atoms with Crippen LogP contribution in [0.4, 0.5) is 0 Å². The van der Waals surface area contributed by atoms with Gasteiger partial charge in [0, 0.05) is 79.0 Å². The van der Waals surface area contributed by atoms with Crippen LogP contribution in [0.25, 0.3) is 144 Å². The number of nitriles is 1. The molecule has 0 atom stereocenters. The van der Waals surface area contributed by atoms with Gasteiger partial charge < -0.3 is 18.3 Å². The molecule has 0 unspecified atom stereocenters.